The van der Waals surface area contributed by atoms with E-state index in [1.807, 2.05) is 47.9 Å². The number of benzene rings is 2. The Hall–Kier alpha value is -2.81. The average Bonchev–Trinajstić information content (AvgIpc) is 3.53. The predicted octanol–water partition coefficient (Wildman–Crippen LogP) is 5.88. The molecule has 2 unspecified atom stereocenters. The summed E-state index contributed by atoms with van der Waals surface area (Å²) in [4.78, 5) is 47.0. The molecule has 3 fully saturated rings. The van der Waals surface area contributed by atoms with Gasteiger partial charge in [0, 0.05) is 57.3 Å². The molecular weight excluding hydrogens is 575 g/mol. The molecule has 0 saturated carbocycles. The van der Waals surface area contributed by atoms with Crippen molar-refractivity contribution in [2.45, 2.75) is 64.6 Å². The minimum Gasteiger partial charge on any atom is -0.465 e. The number of aryl methyl sites for hydroxylation is 2. The molecule has 42 heavy (non-hydrogen) atoms. The highest BCUT2D eigenvalue weighted by atomic mass is 35.5. The summed E-state index contributed by atoms with van der Waals surface area (Å²) in [6, 6.07) is 11.0. The molecule has 2 aromatic rings. The van der Waals surface area contributed by atoms with E-state index in [-0.39, 0.29) is 29.8 Å². The molecule has 3 saturated heterocycles. The number of carbonyl (C=O) groups excluding carboxylic acids is 2. The predicted molar refractivity (Wildman–Crippen MR) is 164 cm³/mol. The molecule has 2 bridgehead atoms. The Balaban J connectivity index is 1.32. The van der Waals surface area contributed by atoms with Crippen LogP contribution >= 0.6 is 23.2 Å². The van der Waals surface area contributed by atoms with Crippen molar-refractivity contribution < 1.29 is 19.5 Å². The van der Waals surface area contributed by atoms with Crippen molar-refractivity contribution >= 4 is 41.1 Å². The summed E-state index contributed by atoms with van der Waals surface area (Å²) in [6.07, 6.45) is 1.18. The maximum Gasteiger partial charge on any atom is 0.407 e. The monoisotopic (exact) mass is 614 g/mol. The van der Waals surface area contributed by atoms with Crippen LogP contribution in [0.5, 0.6) is 0 Å². The number of carbonyl (C=O) groups is 3. The maximum atomic E-state index is 13.8. The van der Waals surface area contributed by atoms with E-state index in [0.29, 0.717) is 61.3 Å². The van der Waals surface area contributed by atoms with Crippen molar-refractivity contribution in [3.63, 3.8) is 0 Å². The molecule has 3 aliphatic heterocycles. The van der Waals surface area contributed by atoms with Gasteiger partial charge in [0.25, 0.3) is 5.91 Å². The Bertz CT molecular complexity index is 1370. The summed E-state index contributed by atoms with van der Waals surface area (Å²) in [5.74, 6) is 0.201. The molecule has 8 nitrogen and oxygen atoms in total. The molecule has 3 aliphatic rings. The number of rotatable bonds is 7. The highest BCUT2D eigenvalue weighted by Gasteiger charge is 2.58. The third-order valence-electron chi connectivity index (χ3n) is 9.67. The summed E-state index contributed by atoms with van der Waals surface area (Å²) in [5.41, 5.74) is 3.16. The molecule has 0 spiro atoms. The van der Waals surface area contributed by atoms with Gasteiger partial charge in [-0.05, 0) is 56.0 Å². The van der Waals surface area contributed by atoms with Gasteiger partial charge in [0.2, 0.25) is 5.91 Å². The van der Waals surface area contributed by atoms with E-state index in [1.165, 1.54) is 0 Å². The molecule has 2 aromatic carbocycles. The lowest BCUT2D eigenvalue weighted by atomic mass is 9.82. The van der Waals surface area contributed by atoms with Crippen molar-refractivity contribution in [1.82, 2.24) is 19.6 Å². The van der Waals surface area contributed by atoms with E-state index in [9.17, 15) is 19.5 Å². The zero-order chi connectivity index (χ0) is 30.3. The molecule has 226 valence electrons. The third kappa shape index (κ3) is 5.73. The smallest absolute Gasteiger partial charge is 0.407 e. The highest BCUT2D eigenvalue weighted by molar-refractivity contribution is 6.42. The number of hydrogen-bond donors (Lipinski definition) is 1. The number of carboxylic acid groups (broad SMARTS) is 1. The van der Waals surface area contributed by atoms with E-state index < -0.39 is 11.6 Å². The number of piperazine rings is 2. The quantitative estimate of drug-likeness (QED) is 0.421. The summed E-state index contributed by atoms with van der Waals surface area (Å²) in [5, 5.41) is 10.7. The van der Waals surface area contributed by atoms with Crippen LogP contribution in [-0.4, -0.2) is 93.5 Å². The first-order valence-corrected chi connectivity index (χ1v) is 15.6. The summed E-state index contributed by atoms with van der Waals surface area (Å²) in [7, 11) is 0. The van der Waals surface area contributed by atoms with Gasteiger partial charge in [0.05, 0.1) is 21.6 Å². The van der Waals surface area contributed by atoms with Crippen LogP contribution in [0, 0.1) is 19.8 Å². The fraction of sp³-hybridized carbons (Fsp3) is 0.531. The van der Waals surface area contributed by atoms with Gasteiger partial charge in [-0.15, -0.1) is 0 Å². The van der Waals surface area contributed by atoms with E-state index in [1.54, 1.807) is 17.0 Å². The van der Waals surface area contributed by atoms with E-state index in [2.05, 4.69) is 18.7 Å². The Kier molecular flexibility index (Phi) is 8.80. The van der Waals surface area contributed by atoms with Gasteiger partial charge < -0.3 is 14.9 Å². The lowest BCUT2D eigenvalue weighted by molar-refractivity contribution is -0.136. The molecule has 3 amide bonds. The molecule has 4 atom stereocenters. The zero-order valence-electron chi connectivity index (χ0n) is 24.8. The average molecular weight is 616 g/mol. The molecule has 3 heterocycles. The fourth-order valence-corrected chi connectivity index (χ4v) is 7.62. The van der Waals surface area contributed by atoms with Gasteiger partial charge in [-0.3, -0.25) is 19.4 Å². The summed E-state index contributed by atoms with van der Waals surface area (Å²) in [6.45, 7) is 11.1. The zero-order valence-corrected chi connectivity index (χ0v) is 26.3. The second-order valence-electron chi connectivity index (χ2n) is 12.3. The lowest BCUT2D eigenvalue weighted by Gasteiger charge is -2.44. The van der Waals surface area contributed by atoms with Crippen LogP contribution in [0.15, 0.2) is 36.4 Å². The first kappa shape index (κ1) is 30.6. The van der Waals surface area contributed by atoms with Crippen molar-refractivity contribution in [3.8, 4) is 0 Å². The van der Waals surface area contributed by atoms with Crippen molar-refractivity contribution in [1.29, 1.82) is 0 Å². The van der Waals surface area contributed by atoms with Crippen molar-refractivity contribution in [3.05, 3.63) is 68.7 Å². The minimum atomic E-state index is -0.855. The topological polar surface area (TPSA) is 84.4 Å². The van der Waals surface area contributed by atoms with Crippen LogP contribution in [-0.2, 0) is 4.79 Å². The highest BCUT2D eigenvalue weighted by Crippen LogP contribution is 2.46. The van der Waals surface area contributed by atoms with Crippen LogP contribution in [0.1, 0.15) is 66.2 Å². The molecule has 5 rings (SSSR count). The Labute approximate surface area is 258 Å². The molecule has 0 radical (unpaired) electrons. The molecule has 10 heteroatoms. The first-order chi connectivity index (χ1) is 19.9. The van der Waals surface area contributed by atoms with Crippen molar-refractivity contribution in [2.24, 2.45) is 5.92 Å². The summed E-state index contributed by atoms with van der Waals surface area (Å²) < 4.78 is 0. The largest absolute Gasteiger partial charge is 0.465 e. The van der Waals surface area contributed by atoms with Gasteiger partial charge in [-0.2, -0.15) is 0 Å². The number of likely N-dealkylation sites (tertiary alicyclic amines) is 2. The SMILES string of the molecule is CCC(C)[C@]12C[C@@H](CN1C(=O)O)N(CCC(=O)N1CCN(C(=O)c3cc(C)cc(C)c3)CC1c1ccc(Cl)c(Cl)c1)C2. The van der Waals surface area contributed by atoms with Gasteiger partial charge in [-0.25, -0.2) is 4.79 Å². The molecule has 0 aromatic heterocycles. The molecular formula is C32H40Cl2N4O4. The lowest BCUT2D eigenvalue weighted by Crippen LogP contribution is -2.59. The van der Waals surface area contributed by atoms with Crippen LogP contribution < -0.4 is 0 Å². The number of fused-ring (bicyclic) bond motifs is 2. The third-order valence-corrected chi connectivity index (χ3v) is 10.4. The Morgan fingerprint density at radius 1 is 1.02 bits per heavy atom. The second kappa shape index (κ2) is 12.1. The van der Waals surface area contributed by atoms with E-state index >= 15 is 0 Å². The molecule has 0 aliphatic carbocycles. The van der Waals surface area contributed by atoms with Crippen LogP contribution in [0.2, 0.25) is 10.0 Å². The minimum absolute atomic E-state index is 0.0139. The number of hydrogen-bond acceptors (Lipinski definition) is 4. The Morgan fingerprint density at radius 2 is 1.74 bits per heavy atom. The second-order valence-corrected chi connectivity index (χ2v) is 13.1. The summed E-state index contributed by atoms with van der Waals surface area (Å²) >= 11 is 12.6. The van der Waals surface area contributed by atoms with Crippen LogP contribution in [0.25, 0.3) is 0 Å². The fourth-order valence-electron chi connectivity index (χ4n) is 7.32. The number of amides is 3. The van der Waals surface area contributed by atoms with Gasteiger partial charge in [0.1, 0.15) is 0 Å². The van der Waals surface area contributed by atoms with Crippen LogP contribution in [0.3, 0.4) is 0 Å². The van der Waals surface area contributed by atoms with E-state index in [0.717, 1.165) is 29.5 Å². The van der Waals surface area contributed by atoms with E-state index in [4.69, 9.17) is 23.2 Å². The van der Waals surface area contributed by atoms with Gasteiger partial charge in [0.15, 0.2) is 0 Å². The number of halogens is 2. The normalized spacial score (nSPS) is 24.8. The van der Waals surface area contributed by atoms with Crippen LogP contribution in [0.4, 0.5) is 4.79 Å². The standard InChI is InChI=1S/C32H40Cl2N4O4/c1-5-22(4)32-16-25(17-38(32)31(41)42)36(19-32)9-8-29(39)37-11-10-35(30(40)24-13-20(2)12-21(3)14-24)18-28(37)23-6-7-26(33)27(34)15-23/h6-7,12-15,22,25,28H,5,8-11,16-19H2,1-4H3,(H,41,42)/t22?,25-,28?,32+/m0/s1. The van der Waals surface area contributed by atoms with Gasteiger partial charge in [-0.1, -0.05) is 66.7 Å². The maximum absolute atomic E-state index is 13.8. The molecule has 1 N–H and O–H groups in total. The Morgan fingerprint density at radius 3 is 2.38 bits per heavy atom. The first-order valence-electron chi connectivity index (χ1n) is 14.8. The number of nitrogens with zero attached hydrogens (tertiary/aromatic N) is 4. The van der Waals surface area contributed by atoms with Gasteiger partial charge >= 0.3 is 6.09 Å². The van der Waals surface area contributed by atoms with Crippen molar-refractivity contribution in [2.75, 3.05) is 39.3 Å².